The lowest BCUT2D eigenvalue weighted by molar-refractivity contribution is 0.0197. The Labute approximate surface area is 97.3 Å². The van der Waals surface area contributed by atoms with Gasteiger partial charge in [-0.25, -0.2) is 4.79 Å². The number of fused-ring (bicyclic) bond motifs is 1. The fourth-order valence-corrected chi connectivity index (χ4v) is 2.59. The van der Waals surface area contributed by atoms with Crippen LogP contribution in [-0.2, 0) is 4.74 Å². The van der Waals surface area contributed by atoms with E-state index in [0.29, 0.717) is 12.1 Å². The van der Waals surface area contributed by atoms with Crippen molar-refractivity contribution in [3.8, 4) is 0 Å². The maximum atomic E-state index is 12.0. The van der Waals surface area contributed by atoms with Gasteiger partial charge in [0.05, 0.1) is 6.04 Å². The molecule has 2 heterocycles. The van der Waals surface area contributed by atoms with Gasteiger partial charge < -0.3 is 15.0 Å². The van der Waals surface area contributed by atoms with Crippen LogP contribution in [0, 0.1) is 0 Å². The van der Waals surface area contributed by atoms with Crippen LogP contribution in [0.1, 0.15) is 40.0 Å². The molecular formula is C12H22N2O2. The van der Waals surface area contributed by atoms with Gasteiger partial charge in [0.25, 0.3) is 0 Å². The van der Waals surface area contributed by atoms with Crippen LogP contribution in [0.4, 0.5) is 4.79 Å². The molecule has 1 amide bonds. The second kappa shape index (κ2) is 4.24. The Morgan fingerprint density at radius 2 is 2.12 bits per heavy atom. The molecule has 2 atom stereocenters. The molecule has 2 aliphatic rings. The lowest BCUT2D eigenvalue weighted by atomic mass is 10.00. The summed E-state index contributed by atoms with van der Waals surface area (Å²) < 4.78 is 5.43. The Morgan fingerprint density at radius 1 is 1.38 bits per heavy atom. The number of hydrogen-bond donors (Lipinski definition) is 1. The molecule has 1 N–H and O–H groups in total. The average molecular weight is 226 g/mol. The number of carbonyl (C=O) groups is 1. The Hall–Kier alpha value is -0.770. The number of ether oxygens (including phenoxy) is 1. The van der Waals surface area contributed by atoms with Crippen molar-refractivity contribution in [2.24, 2.45) is 0 Å². The predicted octanol–water partition coefficient (Wildman–Crippen LogP) is 1.75. The van der Waals surface area contributed by atoms with Crippen LogP contribution < -0.4 is 5.32 Å². The monoisotopic (exact) mass is 226 g/mol. The van der Waals surface area contributed by atoms with E-state index >= 15 is 0 Å². The van der Waals surface area contributed by atoms with Crippen LogP contribution in [0.25, 0.3) is 0 Å². The predicted molar refractivity (Wildman–Crippen MR) is 62.4 cm³/mol. The van der Waals surface area contributed by atoms with Crippen molar-refractivity contribution in [2.75, 3.05) is 13.1 Å². The standard InChI is InChI=1S/C12H22N2O2/c1-12(2,3)16-11(15)14-8-6-9-10(14)5-4-7-13-9/h9-10,13H,4-8H2,1-3H3/t9-,10+/m0/s1. The van der Waals surface area contributed by atoms with Crippen LogP contribution in [0.15, 0.2) is 0 Å². The average Bonchev–Trinajstić information content (AvgIpc) is 2.58. The summed E-state index contributed by atoms with van der Waals surface area (Å²) in [4.78, 5) is 13.9. The van der Waals surface area contributed by atoms with Gasteiger partial charge in [-0.1, -0.05) is 0 Å². The summed E-state index contributed by atoms with van der Waals surface area (Å²) in [6.45, 7) is 7.66. The Bertz CT molecular complexity index is 273. The van der Waals surface area contributed by atoms with Gasteiger partial charge in [-0.3, -0.25) is 0 Å². The highest BCUT2D eigenvalue weighted by atomic mass is 16.6. The van der Waals surface area contributed by atoms with E-state index in [2.05, 4.69) is 5.32 Å². The molecule has 4 heteroatoms. The lowest BCUT2D eigenvalue weighted by Gasteiger charge is -2.33. The summed E-state index contributed by atoms with van der Waals surface area (Å²) in [6.07, 6.45) is 3.17. The molecular weight excluding hydrogens is 204 g/mol. The van der Waals surface area contributed by atoms with Crippen LogP contribution >= 0.6 is 0 Å². The van der Waals surface area contributed by atoms with E-state index in [9.17, 15) is 4.79 Å². The number of carbonyl (C=O) groups excluding carboxylic acids is 1. The topological polar surface area (TPSA) is 41.6 Å². The summed E-state index contributed by atoms with van der Waals surface area (Å²) in [5.74, 6) is 0. The van der Waals surface area contributed by atoms with Crippen molar-refractivity contribution < 1.29 is 9.53 Å². The van der Waals surface area contributed by atoms with E-state index in [4.69, 9.17) is 4.74 Å². The summed E-state index contributed by atoms with van der Waals surface area (Å²) in [6, 6.07) is 0.838. The molecule has 0 saturated carbocycles. The fraction of sp³-hybridized carbons (Fsp3) is 0.917. The Kier molecular flexibility index (Phi) is 3.10. The number of amides is 1. The maximum Gasteiger partial charge on any atom is 0.410 e. The minimum atomic E-state index is -0.392. The van der Waals surface area contributed by atoms with Gasteiger partial charge in [-0.15, -0.1) is 0 Å². The zero-order valence-electron chi connectivity index (χ0n) is 10.5. The van der Waals surface area contributed by atoms with E-state index in [0.717, 1.165) is 32.4 Å². The van der Waals surface area contributed by atoms with Gasteiger partial charge in [-0.05, 0) is 46.6 Å². The van der Waals surface area contributed by atoms with Crippen LogP contribution in [0.2, 0.25) is 0 Å². The molecule has 0 unspecified atom stereocenters. The highest BCUT2D eigenvalue weighted by Gasteiger charge is 2.39. The smallest absolute Gasteiger partial charge is 0.410 e. The van der Waals surface area contributed by atoms with E-state index in [-0.39, 0.29) is 6.09 Å². The summed E-state index contributed by atoms with van der Waals surface area (Å²) in [5.41, 5.74) is -0.392. The van der Waals surface area contributed by atoms with Crippen molar-refractivity contribution >= 4 is 6.09 Å². The second-order valence-electron chi connectivity index (χ2n) is 5.73. The molecule has 0 aromatic carbocycles. The van der Waals surface area contributed by atoms with Crippen molar-refractivity contribution in [1.82, 2.24) is 10.2 Å². The molecule has 0 radical (unpaired) electrons. The Morgan fingerprint density at radius 3 is 2.81 bits per heavy atom. The first-order valence-electron chi connectivity index (χ1n) is 6.20. The zero-order chi connectivity index (χ0) is 11.8. The number of nitrogens with one attached hydrogen (secondary N) is 1. The molecule has 0 aromatic rings. The van der Waals surface area contributed by atoms with Gasteiger partial charge in [0.2, 0.25) is 0 Å². The van der Waals surface area contributed by atoms with Crippen molar-refractivity contribution in [3.05, 3.63) is 0 Å². The SMILES string of the molecule is CC(C)(C)OC(=O)N1CC[C@@H]2NCCC[C@H]21. The van der Waals surface area contributed by atoms with Gasteiger partial charge in [-0.2, -0.15) is 0 Å². The number of hydrogen-bond acceptors (Lipinski definition) is 3. The molecule has 0 bridgehead atoms. The third-order valence-electron chi connectivity index (χ3n) is 3.26. The van der Waals surface area contributed by atoms with Crippen molar-refractivity contribution in [2.45, 2.75) is 57.7 Å². The van der Waals surface area contributed by atoms with Gasteiger partial charge >= 0.3 is 6.09 Å². The molecule has 2 fully saturated rings. The first-order valence-corrected chi connectivity index (χ1v) is 6.20. The molecule has 16 heavy (non-hydrogen) atoms. The molecule has 92 valence electrons. The minimum absolute atomic E-state index is 0.149. The molecule has 4 nitrogen and oxygen atoms in total. The summed E-state index contributed by atoms with van der Waals surface area (Å²) in [5, 5.41) is 3.48. The van der Waals surface area contributed by atoms with Crippen LogP contribution in [0.3, 0.4) is 0 Å². The number of piperidine rings is 1. The highest BCUT2D eigenvalue weighted by Crippen LogP contribution is 2.26. The summed E-state index contributed by atoms with van der Waals surface area (Å²) >= 11 is 0. The van der Waals surface area contributed by atoms with Gasteiger partial charge in [0, 0.05) is 12.6 Å². The van der Waals surface area contributed by atoms with Crippen molar-refractivity contribution in [1.29, 1.82) is 0 Å². The quantitative estimate of drug-likeness (QED) is 0.684. The van der Waals surface area contributed by atoms with E-state index in [1.165, 1.54) is 0 Å². The second-order valence-corrected chi connectivity index (χ2v) is 5.73. The fourth-order valence-electron chi connectivity index (χ4n) is 2.59. The minimum Gasteiger partial charge on any atom is -0.444 e. The molecule has 2 aliphatic heterocycles. The molecule has 0 aliphatic carbocycles. The largest absolute Gasteiger partial charge is 0.444 e. The number of nitrogens with zero attached hydrogens (tertiary/aromatic N) is 1. The third-order valence-corrected chi connectivity index (χ3v) is 3.26. The molecule has 0 spiro atoms. The van der Waals surface area contributed by atoms with E-state index in [1.54, 1.807) is 0 Å². The normalized spacial score (nSPS) is 30.1. The maximum absolute atomic E-state index is 12.0. The lowest BCUT2D eigenvalue weighted by Crippen LogP contribution is -2.49. The zero-order valence-corrected chi connectivity index (χ0v) is 10.5. The van der Waals surface area contributed by atoms with Crippen LogP contribution in [0.5, 0.6) is 0 Å². The van der Waals surface area contributed by atoms with Crippen molar-refractivity contribution in [3.63, 3.8) is 0 Å². The highest BCUT2D eigenvalue weighted by molar-refractivity contribution is 5.69. The molecule has 2 saturated heterocycles. The molecule has 0 aromatic heterocycles. The van der Waals surface area contributed by atoms with Gasteiger partial charge in [0.1, 0.15) is 5.60 Å². The third kappa shape index (κ3) is 2.48. The van der Waals surface area contributed by atoms with E-state index in [1.807, 2.05) is 25.7 Å². The first kappa shape index (κ1) is 11.7. The summed E-state index contributed by atoms with van der Waals surface area (Å²) in [7, 11) is 0. The van der Waals surface area contributed by atoms with Gasteiger partial charge in [0.15, 0.2) is 0 Å². The van der Waals surface area contributed by atoms with E-state index < -0.39 is 5.60 Å². The first-order chi connectivity index (χ1) is 7.47. The number of rotatable bonds is 0. The molecule has 2 rings (SSSR count). The van der Waals surface area contributed by atoms with Crippen LogP contribution in [-0.4, -0.2) is 41.8 Å². The Balaban J connectivity index is 1.97. The number of likely N-dealkylation sites (tertiary alicyclic amines) is 1.